The summed E-state index contributed by atoms with van der Waals surface area (Å²) in [6, 6.07) is 8.51. The molecule has 0 spiro atoms. The first-order valence-electron chi connectivity index (χ1n) is 10.2. The van der Waals surface area contributed by atoms with Gasteiger partial charge in [-0.15, -0.1) is 0 Å². The second-order valence-electron chi connectivity index (χ2n) is 7.38. The fourth-order valence-corrected chi connectivity index (χ4v) is 4.37. The average molecular weight is 455 g/mol. The Hall–Kier alpha value is -1.89. The third kappa shape index (κ3) is 5.05. The normalized spacial score (nSPS) is 16.6. The summed E-state index contributed by atoms with van der Waals surface area (Å²) in [7, 11) is 0. The van der Waals surface area contributed by atoms with Gasteiger partial charge in [-0.3, -0.25) is 4.90 Å². The van der Waals surface area contributed by atoms with E-state index in [9.17, 15) is 4.39 Å². The number of anilines is 1. The first kappa shape index (κ1) is 21.3. The molecule has 30 heavy (non-hydrogen) atoms. The van der Waals surface area contributed by atoms with E-state index >= 15 is 0 Å². The van der Waals surface area contributed by atoms with Crippen molar-refractivity contribution in [3.05, 3.63) is 46.2 Å². The Balaban J connectivity index is 1.19. The first-order valence-corrected chi connectivity index (χ1v) is 11.0. The van der Waals surface area contributed by atoms with E-state index in [1.807, 2.05) is 12.1 Å². The SMILES string of the molecule is Fc1cc(Cl)c(OCCCCN2CCN(c3cccc4c3OCCO4)CC2)c(Cl)c1. The number of rotatable bonds is 7. The molecule has 2 aliphatic rings. The van der Waals surface area contributed by atoms with Gasteiger partial charge in [0.25, 0.3) is 0 Å². The van der Waals surface area contributed by atoms with Crippen molar-refractivity contribution in [2.24, 2.45) is 0 Å². The van der Waals surface area contributed by atoms with Crippen molar-refractivity contribution in [2.75, 3.05) is 57.4 Å². The van der Waals surface area contributed by atoms with Gasteiger partial charge < -0.3 is 19.1 Å². The lowest BCUT2D eigenvalue weighted by Gasteiger charge is -2.37. The maximum Gasteiger partial charge on any atom is 0.184 e. The highest BCUT2D eigenvalue weighted by Gasteiger charge is 2.23. The zero-order valence-electron chi connectivity index (χ0n) is 16.7. The maximum atomic E-state index is 13.2. The van der Waals surface area contributed by atoms with Gasteiger partial charge in [0.15, 0.2) is 17.2 Å². The van der Waals surface area contributed by atoms with Gasteiger partial charge in [-0.05, 0) is 43.7 Å². The molecule has 2 heterocycles. The van der Waals surface area contributed by atoms with Gasteiger partial charge in [0.1, 0.15) is 19.0 Å². The van der Waals surface area contributed by atoms with Crippen molar-refractivity contribution >= 4 is 28.9 Å². The largest absolute Gasteiger partial charge is 0.490 e. The number of hydrogen-bond acceptors (Lipinski definition) is 5. The minimum Gasteiger partial charge on any atom is -0.490 e. The zero-order chi connectivity index (χ0) is 20.9. The van der Waals surface area contributed by atoms with Crippen LogP contribution in [0.2, 0.25) is 10.0 Å². The summed E-state index contributed by atoms with van der Waals surface area (Å²) in [5.74, 6) is 1.59. The summed E-state index contributed by atoms with van der Waals surface area (Å²) in [6.07, 6.45) is 1.88. The smallest absolute Gasteiger partial charge is 0.184 e. The van der Waals surface area contributed by atoms with E-state index in [0.29, 0.717) is 25.6 Å². The van der Waals surface area contributed by atoms with Crippen molar-refractivity contribution in [3.8, 4) is 17.2 Å². The van der Waals surface area contributed by atoms with Crippen molar-refractivity contribution in [2.45, 2.75) is 12.8 Å². The molecule has 0 aliphatic carbocycles. The number of para-hydroxylation sites is 1. The van der Waals surface area contributed by atoms with Crippen LogP contribution in [0.1, 0.15) is 12.8 Å². The molecule has 4 rings (SSSR count). The molecule has 2 aliphatic heterocycles. The molecule has 0 N–H and O–H groups in total. The van der Waals surface area contributed by atoms with E-state index in [-0.39, 0.29) is 10.0 Å². The van der Waals surface area contributed by atoms with Crippen LogP contribution in [0.15, 0.2) is 30.3 Å². The molecular formula is C22H25Cl2FN2O3. The fraction of sp³-hybridized carbons (Fsp3) is 0.455. The van der Waals surface area contributed by atoms with Crippen LogP contribution >= 0.6 is 23.2 Å². The van der Waals surface area contributed by atoms with E-state index < -0.39 is 5.82 Å². The molecule has 2 aromatic rings. The monoisotopic (exact) mass is 454 g/mol. The van der Waals surface area contributed by atoms with E-state index in [2.05, 4.69) is 15.9 Å². The summed E-state index contributed by atoms with van der Waals surface area (Å²) in [4.78, 5) is 4.83. The van der Waals surface area contributed by atoms with Gasteiger partial charge in [-0.25, -0.2) is 4.39 Å². The predicted octanol–water partition coefficient (Wildman–Crippen LogP) is 4.88. The Morgan fingerprint density at radius 3 is 2.47 bits per heavy atom. The number of nitrogens with zero attached hydrogens (tertiary/aromatic N) is 2. The van der Waals surface area contributed by atoms with Crippen LogP contribution in [-0.4, -0.2) is 57.4 Å². The predicted molar refractivity (Wildman–Crippen MR) is 117 cm³/mol. The molecule has 0 atom stereocenters. The number of unbranched alkanes of at least 4 members (excludes halogenated alkanes) is 1. The van der Waals surface area contributed by atoms with Crippen LogP contribution in [0, 0.1) is 5.82 Å². The molecule has 0 unspecified atom stereocenters. The van der Waals surface area contributed by atoms with Gasteiger partial charge >= 0.3 is 0 Å². The molecule has 0 amide bonds. The van der Waals surface area contributed by atoms with Crippen LogP contribution in [0.3, 0.4) is 0 Å². The molecule has 8 heteroatoms. The molecule has 0 aromatic heterocycles. The Kier molecular flexibility index (Phi) is 7.08. The molecule has 162 valence electrons. The lowest BCUT2D eigenvalue weighted by Crippen LogP contribution is -2.46. The molecule has 5 nitrogen and oxygen atoms in total. The zero-order valence-corrected chi connectivity index (χ0v) is 18.2. The number of fused-ring (bicyclic) bond motifs is 1. The maximum absolute atomic E-state index is 13.2. The summed E-state index contributed by atoms with van der Waals surface area (Å²) < 4.78 is 30.4. The number of piperazine rings is 1. The van der Waals surface area contributed by atoms with Crippen molar-refractivity contribution in [1.82, 2.24) is 4.90 Å². The summed E-state index contributed by atoms with van der Waals surface area (Å²) in [5, 5.41) is 0.405. The van der Waals surface area contributed by atoms with E-state index in [1.54, 1.807) is 0 Å². The second-order valence-corrected chi connectivity index (χ2v) is 8.20. The minimum atomic E-state index is -0.466. The number of hydrogen-bond donors (Lipinski definition) is 0. The number of benzene rings is 2. The summed E-state index contributed by atoms with van der Waals surface area (Å²) >= 11 is 12.0. The number of ether oxygens (including phenoxy) is 3. The van der Waals surface area contributed by atoms with Crippen LogP contribution in [0.4, 0.5) is 10.1 Å². The fourth-order valence-electron chi connectivity index (χ4n) is 3.80. The Bertz CT molecular complexity index is 852. The topological polar surface area (TPSA) is 34.2 Å². The lowest BCUT2D eigenvalue weighted by molar-refractivity contribution is 0.171. The highest BCUT2D eigenvalue weighted by molar-refractivity contribution is 6.37. The van der Waals surface area contributed by atoms with Gasteiger partial charge in [-0.2, -0.15) is 0 Å². The third-order valence-corrected chi connectivity index (χ3v) is 5.90. The van der Waals surface area contributed by atoms with Crippen molar-refractivity contribution in [1.29, 1.82) is 0 Å². The standard InChI is InChI=1S/C22H25Cl2FN2O3/c23-17-14-16(25)15-18(24)21(17)29-11-2-1-6-26-7-9-27(10-8-26)19-4-3-5-20-22(19)30-13-12-28-20/h3-5,14-15H,1-2,6-13H2. The van der Waals surface area contributed by atoms with Crippen LogP contribution < -0.4 is 19.1 Å². The van der Waals surface area contributed by atoms with E-state index in [0.717, 1.165) is 62.8 Å². The van der Waals surface area contributed by atoms with E-state index in [4.69, 9.17) is 37.4 Å². The Morgan fingerprint density at radius 2 is 1.70 bits per heavy atom. The average Bonchev–Trinajstić information content (AvgIpc) is 2.75. The lowest BCUT2D eigenvalue weighted by atomic mass is 10.2. The highest BCUT2D eigenvalue weighted by Crippen LogP contribution is 2.39. The minimum absolute atomic E-state index is 0.202. The van der Waals surface area contributed by atoms with Crippen LogP contribution in [0.5, 0.6) is 17.2 Å². The number of halogens is 3. The Morgan fingerprint density at radius 1 is 0.967 bits per heavy atom. The summed E-state index contributed by atoms with van der Waals surface area (Å²) in [5.41, 5.74) is 1.12. The molecule has 2 aromatic carbocycles. The molecular weight excluding hydrogens is 430 g/mol. The molecule has 1 saturated heterocycles. The van der Waals surface area contributed by atoms with Gasteiger partial charge in [0.05, 0.1) is 22.3 Å². The van der Waals surface area contributed by atoms with Gasteiger partial charge in [0, 0.05) is 26.2 Å². The third-order valence-electron chi connectivity index (χ3n) is 5.34. The molecule has 0 bridgehead atoms. The van der Waals surface area contributed by atoms with E-state index in [1.165, 1.54) is 12.1 Å². The molecule has 0 saturated carbocycles. The summed E-state index contributed by atoms with van der Waals surface area (Å²) in [6.45, 7) is 6.62. The van der Waals surface area contributed by atoms with Gasteiger partial charge in [0.2, 0.25) is 0 Å². The first-order chi connectivity index (χ1) is 14.6. The van der Waals surface area contributed by atoms with Gasteiger partial charge in [-0.1, -0.05) is 29.3 Å². The van der Waals surface area contributed by atoms with Crippen molar-refractivity contribution in [3.63, 3.8) is 0 Å². The van der Waals surface area contributed by atoms with Crippen LogP contribution in [0.25, 0.3) is 0 Å². The van der Waals surface area contributed by atoms with Crippen LogP contribution in [-0.2, 0) is 0 Å². The van der Waals surface area contributed by atoms with Crippen molar-refractivity contribution < 1.29 is 18.6 Å². The molecule has 1 fully saturated rings. The quantitative estimate of drug-likeness (QED) is 0.556. The molecule has 0 radical (unpaired) electrons. The second kappa shape index (κ2) is 9.94. The highest BCUT2D eigenvalue weighted by atomic mass is 35.5. The Labute approximate surface area is 186 Å².